The van der Waals surface area contributed by atoms with Crippen LogP contribution in [0.15, 0.2) is 24.3 Å². The molecule has 0 heterocycles. The van der Waals surface area contributed by atoms with E-state index in [-0.39, 0.29) is 5.75 Å². The molecule has 6 nitrogen and oxygen atoms in total. The number of aryl methyl sites for hydroxylation is 1. The van der Waals surface area contributed by atoms with E-state index in [4.69, 9.17) is 5.11 Å². The van der Waals surface area contributed by atoms with Crippen LogP contribution in [0.1, 0.15) is 18.1 Å². The van der Waals surface area contributed by atoms with Crippen LogP contribution in [0.5, 0.6) is 0 Å². The summed E-state index contributed by atoms with van der Waals surface area (Å²) in [5, 5.41) is 18.1. The second-order valence-electron chi connectivity index (χ2n) is 4.64. The molecular formula is C12H17NO5S. The Bertz CT molecular complexity index is 548. The summed E-state index contributed by atoms with van der Waals surface area (Å²) in [6, 6.07) is 6.95. The van der Waals surface area contributed by atoms with Crippen LogP contribution in [0, 0.1) is 6.92 Å². The van der Waals surface area contributed by atoms with Gasteiger partial charge < -0.3 is 10.2 Å². The number of benzene rings is 1. The van der Waals surface area contributed by atoms with Gasteiger partial charge in [-0.2, -0.15) is 0 Å². The highest BCUT2D eigenvalue weighted by atomic mass is 32.2. The molecule has 1 aromatic rings. The molecule has 3 N–H and O–H groups in total. The Morgan fingerprint density at radius 2 is 1.84 bits per heavy atom. The second-order valence-corrected chi connectivity index (χ2v) is 6.45. The third-order valence-corrected chi connectivity index (χ3v) is 3.87. The van der Waals surface area contributed by atoms with Crippen molar-refractivity contribution in [2.24, 2.45) is 0 Å². The first-order valence-corrected chi connectivity index (χ1v) is 7.26. The average molecular weight is 287 g/mol. The zero-order valence-corrected chi connectivity index (χ0v) is 11.6. The number of aliphatic carboxylic acids is 1. The molecule has 1 atom stereocenters. The molecule has 0 amide bonds. The van der Waals surface area contributed by atoms with Gasteiger partial charge in [0.25, 0.3) is 0 Å². The number of sulfonamides is 1. The maximum Gasteiger partial charge on any atom is 0.336 e. The van der Waals surface area contributed by atoms with Crippen molar-refractivity contribution in [3.8, 4) is 0 Å². The molecule has 0 saturated carbocycles. The van der Waals surface area contributed by atoms with E-state index in [2.05, 4.69) is 4.72 Å². The fourth-order valence-corrected chi connectivity index (χ4v) is 2.52. The molecule has 0 aliphatic rings. The van der Waals surface area contributed by atoms with Gasteiger partial charge in [-0.3, -0.25) is 0 Å². The molecule has 0 radical (unpaired) electrons. The van der Waals surface area contributed by atoms with Crippen molar-refractivity contribution in [2.45, 2.75) is 25.2 Å². The lowest BCUT2D eigenvalue weighted by atomic mass is 10.1. The molecule has 19 heavy (non-hydrogen) atoms. The molecule has 0 aliphatic carbocycles. The van der Waals surface area contributed by atoms with Gasteiger partial charge in [0.1, 0.15) is 0 Å². The fourth-order valence-electron chi connectivity index (χ4n) is 1.28. The zero-order chi connectivity index (χ0) is 14.7. The third-order valence-electron chi connectivity index (χ3n) is 2.57. The summed E-state index contributed by atoms with van der Waals surface area (Å²) >= 11 is 0. The lowest BCUT2D eigenvalue weighted by Crippen LogP contribution is -2.46. The number of aliphatic hydroxyl groups is 1. The van der Waals surface area contributed by atoms with Gasteiger partial charge in [-0.25, -0.2) is 17.9 Å². The highest BCUT2D eigenvalue weighted by Crippen LogP contribution is 2.08. The van der Waals surface area contributed by atoms with Gasteiger partial charge in [0, 0.05) is 6.54 Å². The topological polar surface area (TPSA) is 104 Å². The molecule has 106 valence electrons. The minimum Gasteiger partial charge on any atom is -0.479 e. The lowest BCUT2D eigenvalue weighted by Gasteiger charge is -2.18. The third kappa shape index (κ3) is 4.98. The Morgan fingerprint density at radius 1 is 1.32 bits per heavy atom. The van der Waals surface area contributed by atoms with Crippen LogP contribution in [0.4, 0.5) is 0 Å². The van der Waals surface area contributed by atoms with E-state index in [1.54, 1.807) is 24.3 Å². The van der Waals surface area contributed by atoms with E-state index >= 15 is 0 Å². The first kappa shape index (κ1) is 15.6. The van der Waals surface area contributed by atoms with Crippen LogP contribution in [0.25, 0.3) is 0 Å². The number of nitrogens with one attached hydrogen (secondary N) is 1. The Kier molecular flexibility index (Phi) is 4.67. The summed E-state index contributed by atoms with van der Waals surface area (Å²) in [5.74, 6) is -1.74. The summed E-state index contributed by atoms with van der Waals surface area (Å²) in [6.07, 6.45) is 0. The highest BCUT2D eigenvalue weighted by molar-refractivity contribution is 7.88. The number of hydrogen-bond donors (Lipinski definition) is 3. The standard InChI is InChI=1S/C12H17NO5S/c1-9-3-5-10(6-4-9)7-19(17,18)13-8-12(2,16)11(14)15/h3-6,13,16H,7-8H2,1-2H3,(H,14,15). The molecule has 7 heteroatoms. The smallest absolute Gasteiger partial charge is 0.336 e. The van der Waals surface area contributed by atoms with Crippen LogP contribution in [-0.2, 0) is 20.6 Å². The summed E-state index contributed by atoms with van der Waals surface area (Å²) in [5.41, 5.74) is -0.517. The van der Waals surface area contributed by atoms with Crippen LogP contribution in [0.2, 0.25) is 0 Å². The minimum atomic E-state index is -3.69. The molecule has 1 unspecified atom stereocenters. The number of carbonyl (C=O) groups is 1. The molecule has 0 saturated heterocycles. The maximum atomic E-state index is 11.7. The minimum absolute atomic E-state index is 0.261. The van der Waals surface area contributed by atoms with Crippen molar-refractivity contribution in [1.29, 1.82) is 0 Å². The van der Waals surface area contributed by atoms with E-state index in [0.717, 1.165) is 12.5 Å². The van der Waals surface area contributed by atoms with E-state index in [9.17, 15) is 18.3 Å². The first-order valence-electron chi connectivity index (χ1n) is 5.61. The van der Waals surface area contributed by atoms with E-state index in [1.807, 2.05) is 6.92 Å². The summed E-state index contributed by atoms with van der Waals surface area (Å²) in [7, 11) is -3.69. The van der Waals surface area contributed by atoms with Crippen LogP contribution < -0.4 is 4.72 Å². The Balaban J connectivity index is 2.67. The average Bonchev–Trinajstić information content (AvgIpc) is 2.30. The van der Waals surface area contributed by atoms with Gasteiger partial charge in [0.15, 0.2) is 5.60 Å². The van der Waals surface area contributed by atoms with Gasteiger partial charge in [-0.15, -0.1) is 0 Å². The van der Waals surface area contributed by atoms with Gasteiger partial charge in [0.05, 0.1) is 5.75 Å². The Hall–Kier alpha value is -1.44. The molecule has 1 aromatic carbocycles. The van der Waals surface area contributed by atoms with Crippen molar-refractivity contribution >= 4 is 16.0 Å². The quantitative estimate of drug-likeness (QED) is 0.696. The predicted octanol–water partition coefficient (Wildman–Crippen LogP) is 0.250. The number of carboxylic acid groups (broad SMARTS) is 1. The molecule has 0 aliphatic heterocycles. The van der Waals surface area contributed by atoms with Crippen LogP contribution >= 0.6 is 0 Å². The number of rotatable bonds is 6. The van der Waals surface area contributed by atoms with Gasteiger partial charge in [-0.1, -0.05) is 29.8 Å². The SMILES string of the molecule is Cc1ccc(CS(=O)(=O)NCC(C)(O)C(=O)O)cc1. The van der Waals surface area contributed by atoms with Gasteiger partial charge >= 0.3 is 5.97 Å². The van der Waals surface area contributed by atoms with E-state index in [1.165, 1.54) is 0 Å². The molecule has 0 bridgehead atoms. The molecule has 0 fully saturated rings. The normalized spacial score (nSPS) is 14.9. The molecule has 1 rings (SSSR count). The monoisotopic (exact) mass is 287 g/mol. The summed E-state index contributed by atoms with van der Waals surface area (Å²) < 4.78 is 25.6. The second kappa shape index (κ2) is 5.68. The van der Waals surface area contributed by atoms with E-state index in [0.29, 0.717) is 5.56 Å². The van der Waals surface area contributed by atoms with Crippen LogP contribution in [-0.4, -0.2) is 36.7 Å². The largest absolute Gasteiger partial charge is 0.479 e. The summed E-state index contributed by atoms with van der Waals surface area (Å²) in [6.45, 7) is 2.35. The number of hydrogen-bond acceptors (Lipinski definition) is 4. The van der Waals surface area contributed by atoms with Crippen molar-refractivity contribution in [1.82, 2.24) is 4.72 Å². The van der Waals surface area contributed by atoms with Crippen molar-refractivity contribution in [2.75, 3.05) is 6.54 Å². The van der Waals surface area contributed by atoms with Crippen molar-refractivity contribution in [3.05, 3.63) is 35.4 Å². The lowest BCUT2D eigenvalue weighted by molar-refractivity contribution is -0.155. The van der Waals surface area contributed by atoms with Gasteiger partial charge in [0.2, 0.25) is 10.0 Å². The van der Waals surface area contributed by atoms with E-state index < -0.39 is 28.1 Å². The Morgan fingerprint density at radius 3 is 2.32 bits per heavy atom. The van der Waals surface area contributed by atoms with Gasteiger partial charge in [-0.05, 0) is 19.4 Å². The van der Waals surface area contributed by atoms with Crippen molar-refractivity contribution in [3.63, 3.8) is 0 Å². The zero-order valence-electron chi connectivity index (χ0n) is 10.8. The molecule has 0 spiro atoms. The fraction of sp³-hybridized carbons (Fsp3) is 0.417. The first-order chi connectivity index (χ1) is 8.62. The Labute approximate surface area is 112 Å². The summed E-state index contributed by atoms with van der Waals surface area (Å²) in [4.78, 5) is 10.6. The maximum absolute atomic E-state index is 11.7. The highest BCUT2D eigenvalue weighted by Gasteiger charge is 2.31. The molecular weight excluding hydrogens is 270 g/mol. The number of carboxylic acids is 1. The predicted molar refractivity (Wildman–Crippen MR) is 70.1 cm³/mol. The molecule has 0 aromatic heterocycles. The van der Waals surface area contributed by atoms with Crippen molar-refractivity contribution < 1.29 is 23.4 Å². The van der Waals surface area contributed by atoms with Crippen LogP contribution in [0.3, 0.4) is 0 Å².